The van der Waals surface area contributed by atoms with Crippen LogP contribution in [0.5, 0.6) is 0 Å². The number of hydrogen-bond donors (Lipinski definition) is 4. The number of aromatic nitrogens is 1. The maximum absolute atomic E-state index is 12.8. The number of anilines is 1. The smallest absolute Gasteiger partial charge is 0.352 e. The number of nitrogens with zero attached hydrogens (tertiary/aromatic N) is 2. The number of amides is 2. The summed E-state index contributed by atoms with van der Waals surface area (Å²) in [5, 5.41) is 22.3. The summed E-state index contributed by atoms with van der Waals surface area (Å²) in [6.07, 6.45) is 2.65. The van der Waals surface area contributed by atoms with Gasteiger partial charge >= 0.3 is 11.9 Å². The molecule has 2 amide bonds. The Kier molecular flexibility index (Phi) is 6.73. The lowest BCUT2D eigenvalue weighted by molar-refractivity contribution is -0.150. The van der Waals surface area contributed by atoms with Crippen LogP contribution in [0.1, 0.15) is 12.1 Å². The molecule has 30 heavy (non-hydrogen) atoms. The van der Waals surface area contributed by atoms with Gasteiger partial charge in [-0.15, -0.1) is 23.1 Å². The fourth-order valence-electron chi connectivity index (χ4n) is 3.10. The van der Waals surface area contributed by atoms with Crippen molar-refractivity contribution in [3.8, 4) is 0 Å². The molecular weight excluding hydrogens is 452 g/mol. The predicted molar refractivity (Wildman–Crippen MR) is 115 cm³/mol. The van der Waals surface area contributed by atoms with Crippen LogP contribution >= 0.6 is 34.9 Å². The molecule has 1 fully saturated rings. The van der Waals surface area contributed by atoms with Crippen molar-refractivity contribution in [1.82, 2.24) is 15.2 Å². The summed E-state index contributed by atoms with van der Waals surface area (Å²) in [5.41, 5.74) is 6.45. The van der Waals surface area contributed by atoms with Crippen LogP contribution in [0.4, 0.5) is 5.13 Å². The Labute approximate surface area is 183 Å². The van der Waals surface area contributed by atoms with Crippen molar-refractivity contribution in [3.63, 3.8) is 0 Å². The molecule has 160 valence electrons. The summed E-state index contributed by atoms with van der Waals surface area (Å²) in [6, 6.07) is -0.920. The van der Waals surface area contributed by atoms with Gasteiger partial charge in [0.25, 0.3) is 11.8 Å². The quantitative estimate of drug-likeness (QED) is 0.314. The number of fused-ring (bicyclic) bond motifs is 1. The molecule has 0 saturated carbocycles. The van der Waals surface area contributed by atoms with E-state index in [0.29, 0.717) is 17.1 Å². The average Bonchev–Trinajstić information content (AvgIpc) is 3.11. The number of carbonyl (C=O) groups is 4. The molecule has 3 rings (SSSR count). The first-order valence-electron chi connectivity index (χ1n) is 8.57. The van der Waals surface area contributed by atoms with Gasteiger partial charge in [0.2, 0.25) is 0 Å². The van der Waals surface area contributed by atoms with Gasteiger partial charge in [-0.1, -0.05) is 6.08 Å². The van der Waals surface area contributed by atoms with E-state index in [2.05, 4.69) is 10.3 Å². The number of thiazole rings is 1. The molecule has 1 aromatic rings. The summed E-state index contributed by atoms with van der Waals surface area (Å²) in [7, 11) is 0. The lowest BCUT2D eigenvalue weighted by Crippen LogP contribution is -2.70. The van der Waals surface area contributed by atoms with E-state index in [1.165, 1.54) is 39.9 Å². The summed E-state index contributed by atoms with van der Waals surface area (Å²) in [6.45, 7) is 0. The molecule has 13 heteroatoms. The van der Waals surface area contributed by atoms with E-state index < -0.39 is 41.6 Å². The highest BCUT2D eigenvalue weighted by molar-refractivity contribution is 8.00. The lowest BCUT2D eigenvalue weighted by Gasteiger charge is -2.49. The predicted octanol–water partition coefficient (Wildman–Crippen LogP) is 0.685. The maximum Gasteiger partial charge on any atom is 0.352 e. The van der Waals surface area contributed by atoms with Crippen molar-refractivity contribution >= 4 is 69.3 Å². The Bertz CT molecular complexity index is 972. The third-order valence-electron chi connectivity index (χ3n) is 4.38. The molecule has 0 bridgehead atoms. The highest BCUT2D eigenvalue weighted by Crippen LogP contribution is 2.41. The van der Waals surface area contributed by atoms with Gasteiger partial charge in [0.15, 0.2) is 5.13 Å². The summed E-state index contributed by atoms with van der Waals surface area (Å²) >= 11 is 3.94. The minimum Gasteiger partial charge on any atom is -0.481 e. The van der Waals surface area contributed by atoms with E-state index >= 15 is 0 Å². The molecule has 1 aromatic heterocycles. The molecule has 0 aliphatic carbocycles. The third-order valence-corrected chi connectivity index (χ3v) is 7.03. The van der Waals surface area contributed by atoms with Gasteiger partial charge in [0.1, 0.15) is 17.1 Å². The second kappa shape index (κ2) is 9.10. The Balaban J connectivity index is 1.80. The van der Waals surface area contributed by atoms with E-state index in [1.807, 2.05) is 6.26 Å². The van der Waals surface area contributed by atoms with Crippen LogP contribution in [-0.4, -0.2) is 73.0 Å². The van der Waals surface area contributed by atoms with Crippen LogP contribution in [0.3, 0.4) is 0 Å². The second-order valence-electron chi connectivity index (χ2n) is 6.34. The first kappa shape index (κ1) is 22.2. The van der Waals surface area contributed by atoms with Crippen LogP contribution < -0.4 is 11.1 Å². The fraction of sp³-hybridized carbons (Fsp3) is 0.353. The first-order chi connectivity index (χ1) is 14.2. The number of aliphatic carboxylic acids is 2. The van der Waals surface area contributed by atoms with Crippen molar-refractivity contribution in [2.45, 2.75) is 17.8 Å². The number of carboxylic acids is 2. The van der Waals surface area contributed by atoms with E-state index in [1.54, 1.807) is 0 Å². The largest absolute Gasteiger partial charge is 0.481 e. The van der Waals surface area contributed by atoms with Crippen molar-refractivity contribution in [3.05, 3.63) is 28.4 Å². The molecular formula is C17H18N4O6S3. The zero-order chi connectivity index (χ0) is 22.0. The zero-order valence-electron chi connectivity index (χ0n) is 15.7. The number of rotatable bonds is 8. The Morgan fingerprint density at radius 3 is 2.73 bits per heavy atom. The first-order valence-corrected chi connectivity index (χ1v) is 11.9. The number of carbonyl (C=O) groups excluding carboxylic acids is 2. The van der Waals surface area contributed by atoms with Gasteiger partial charge in [-0.25, -0.2) is 9.78 Å². The summed E-state index contributed by atoms with van der Waals surface area (Å²) in [4.78, 5) is 53.3. The Morgan fingerprint density at radius 1 is 1.43 bits per heavy atom. The molecule has 2 aliphatic rings. The van der Waals surface area contributed by atoms with Gasteiger partial charge < -0.3 is 21.3 Å². The zero-order valence-corrected chi connectivity index (χ0v) is 18.1. The van der Waals surface area contributed by atoms with E-state index in [4.69, 9.17) is 10.8 Å². The second-order valence-corrected chi connectivity index (χ2v) is 9.20. The molecule has 0 radical (unpaired) electrons. The third kappa shape index (κ3) is 4.32. The highest BCUT2D eigenvalue weighted by Gasteiger charge is 2.54. The maximum atomic E-state index is 12.8. The van der Waals surface area contributed by atoms with Gasteiger partial charge in [0, 0.05) is 16.9 Å². The standard InChI is InChI=1S/C17H18N4O6S3/c1-28-4-7-5-29-15-11(14(25)21(15)12(7)16(26)27)20-13(24)8(2-3-10(22)23)9-6-30-17(18)19-9/h2,6,11,15H,3-5H2,1H3,(H2,18,19)(H,20,24)(H,22,23)(H,26,27)/t11-,15+/m1/s1. The highest BCUT2D eigenvalue weighted by atomic mass is 32.2. The van der Waals surface area contributed by atoms with Crippen molar-refractivity contribution in [1.29, 1.82) is 0 Å². The lowest BCUT2D eigenvalue weighted by atomic mass is 10.0. The molecule has 0 spiro atoms. The molecule has 3 heterocycles. The number of nitrogens with one attached hydrogen (secondary N) is 1. The Hall–Kier alpha value is -2.51. The van der Waals surface area contributed by atoms with Crippen molar-refractivity contribution in [2.75, 3.05) is 23.5 Å². The Morgan fingerprint density at radius 2 is 2.17 bits per heavy atom. The number of carboxylic acid groups (broad SMARTS) is 2. The van der Waals surface area contributed by atoms with Crippen LogP contribution in [0.2, 0.25) is 0 Å². The van der Waals surface area contributed by atoms with Crippen LogP contribution in [-0.2, 0) is 19.2 Å². The number of thioether (sulfide) groups is 2. The number of nitrogen functional groups attached to an aromatic ring is 1. The monoisotopic (exact) mass is 470 g/mol. The summed E-state index contributed by atoms with van der Waals surface area (Å²) in [5.74, 6) is -2.57. The molecule has 2 aliphatic heterocycles. The van der Waals surface area contributed by atoms with E-state index in [0.717, 1.165) is 11.3 Å². The van der Waals surface area contributed by atoms with Crippen molar-refractivity contribution in [2.24, 2.45) is 0 Å². The normalized spacial score (nSPS) is 21.2. The fourth-order valence-corrected chi connectivity index (χ4v) is 5.73. The summed E-state index contributed by atoms with van der Waals surface area (Å²) < 4.78 is 0. The van der Waals surface area contributed by atoms with Gasteiger partial charge in [-0.3, -0.25) is 19.3 Å². The molecule has 0 unspecified atom stereocenters. The minimum atomic E-state index is -1.18. The SMILES string of the molecule is CSCC1=C(C(=O)O)N2C(=O)[C@@H](NC(=O)C(=CCC(=O)O)c3csc(N)n3)[C@@H]2SC1. The number of β-lactam (4-membered cyclic amide) rings is 1. The van der Waals surface area contributed by atoms with E-state index in [9.17, 15) is 24.3 Å². The number of hydrogen-bond acceptors (Lipinski definition) is 9. The van der Waals surface area contributed by atoms with Gasteiger partial charge in [0.05, 0.1) is 17.7 Å². The van der Waals surface area contributed by atoms with Crippen LogP contribution in [0, 0.1) is 0 Å². The topological polar surface area (TPSA) is 163 Å². The number of nitrogens with two attached hydrogens (primary N) is 1. The molecule has 1 saturated heterocycles. The molecule has 5 N–H and O–H groups in total. The molecule has 0 aromatic carbocycles. The average molecular weight is 471 g/mol. The van der Waals surface area contributed by atoms with Crippen LogP contribution in [0.25, 0.3) is 5.57 Å². The van der Waals surface area contributed by atoms with Crippen molar-refractivity contribution < 1.29 is 29.4 Å². The minimum absolute atomic E-state index is 0.00511. The van der Waals surface area contributed by atoms with E-state index in [-0.39, 0.29) is 22.1 Å². The van der Waals surface area contributed by atoms with Gasteiger partial charge in [-0.2, -0.15) is 11.8 Å². The molecule has 10 nitrogen and oxygen atoms in total. The van der Waals surface area contributed by atoms with Crippen LogP contribution in [0.15, 0.2) is 22.7 Å². The van der Waals surface area contributed by atoms with Gasteiger partial charge in [-0.05, 0) is 11.8 Å². The molecule has 2 atom stereocenters.